The summed E-state index contributed by atoms with van der Waals surface area (Å²) in [6, 6.07) is 7.72. The fourth-order valence-electron chi connectivity index (χ4n) is 2.39. The van der Waals surface area contributed by atoms with E-state index in [4.69, 9.17) is 5.73 Å². The second-order valence-electron chi connectivity index (χ2n) is 5.07. The van der Waals surface area contributed by atoms with Crippen LogP contribution >= 0.6 is 0 Å². The lowest BCUT2D eigenvalue weighted by atomic mass is 10.1. The molecule has 1 aromatic carbocycles. The number of nitrogens with two attached hydrogens (primary N) is 1. The largest absolute Gasteiger partial charge is 0.350 e. The van der Waals surface area contributed by atoms with E-state index in [1.807, 2.05) is 31.2 Å². The molecule has 5 heteroatoms. The highest BCUT2D eigenvalue weighted by Crippen LogP contribution is 2.23. The van der Waals surface area contributed by atoms with Gasteiger partial charge in [-0.05, 0) is 31.0 Å². The zero-order valence-electron chi connectivity index (χ0n) is 11.8. The lowest BCUT2D eigenvalue weighted by Gasteiger charge is -2.18. The Hall–Kier alpha value is -1.88. The molecule has 0 aromatic heterocycles. The molecule has 3 N–H and O–H groups in total. The van der Waals surface area contributed by atoms with Crippen molar-refractivity contribution in [3.05, 3.63) is 29.8 Å². The van der Waals surface area contributed by atoms with Gasteiger partial charge in [-0.3, -0.25) is 9.59 Å². The van der Waals surface area contributed by atoms with Crippen LogP contribution in [0.15, 0.2) is 24.3 Å². The van der Waals surface area contributed by atoms with Gasteiger partial charge < -0.3 is 16.0 Å². The van der Waals surface area contributed by atoms with Gasteiger partial charge in [0.1, 0.15) is 0 Å². The Labute approximate surface area is 119 Å². The lowest BCUT2D eigenvalue weighted by molar-refractivity contribution is -0.121. The zero-order chi connectivity index (χ0) is 14.5. The molecular formula is C15H21N3O2. The Kier molecular flexibility index (Phi) is 4.74. The first-order chi connectivity index (χ1) is 9.61. The molecule has 0 spiro atoms. The normalized spacial score (nSPS) is 16.3. The van der Waals surface area contributed by atoms with Crippen LogP contribution in [0.1, 0.15) is 37.8 Å². The minimum Gasteiger partial charge on any atom is -0.350 e. The molecule has 5 nitrogen and oxygen atoms in total. The Balaban J connectivity index is 2.00. The number of benzene rings is 1. The van der Waals surface area contributed by atoms with E-state index in [0.29, 0.717) is 19.4 Å². The standard InChI is InChI=1S/C15H21N3O2/c1-11(17-14(19)8-9-16)12-4-6-13(7-5-12)18-10-2-3-15(18)20/h4-7,11H,2-3,8-10,16H2,1H3,(H,17,19). The number of anilines is 1. The van der Waals surface area contributed by atoms with Crippen LogP contribution in [-0.4, -0.2) is 24.9 Å². The zero-order valence-corrected chi connectivity index (χ0v) is 11.8. The van der Waals surface area contributed by atoms with Crippen molar-refractivity contribution >= 4 is 17.5 Å². The number of rotatable bonds is 5. The van der Waals surface area contributed by atoms with Crippen LogP contribution in [0.4, 0.5) is 5.69 Å². The van der Waals surface area contributed by atoms with Crippen LogP contribution < -0.4 is 16.0 Å². The second-order valence-corrected chi connectivity index (χ2v) is 5.07. The van der Waals surface area contributed by atoms with Crippen LogP contribution in [-0.2, 0) is 9.59 Å². The summed E-state index contributed by atoms with van der Waals surface area (Å²) in [7, 11) is 0. The van der Waals surface area contributed by atoms with Crippen molar-refractivity contribution < 1.29 is 9.59 Å². The van der Waals surface area contributed by atoms with Crippen molar-refractivity contribution in [1.29, 1.82) is 0 Å². The molecule has 1 saturated heterocycles. The van der Waals surface area contributed by atoms with Gasteiger partial charge in [-0.1, -0.05) is 12.1 Å². The number of carbonyl (C=O) groups is 2. The number of nitrogens with one attached hydrogen (secondary N) is 1. The smallest absolute Gasteiger partial charge is 0.227 e. The first kappa shape index (κ1) is 14.5. The summed E-state index contributed by atoms with van der Waals surface area (Å²) in [5.41, 5.74) is 7.30. The van der Waals surface area contributed by atoms with Crippen molar-refractivity contribution in [3.8, 4) is 0 Å². The van der Waals surface area contributed by atoms with E-state index in [1.165, 1.54) is 0 Å². The van der Waals surface area contributed by atoms with Crippen molar-refractivity contribution in [1.82, 2.24) is 5.32 Å². The average Bonchev–Trinajstić information content (AvgIpc) is 2.85. The van der Waals surface area contributed by atoms with E-state index in [9.17, 15) is 9.59 Å². The maximum absolute atomic E-state index is 11.7. The maximum Gasteiger partial charge on any atom is 0.227 e. The average molecular weight is 275 g/mol. The third-order valence-corrected chi connectivity index (χ3v) is 3.53. The summed E-state index contributed by atoms with van der Waals surface area (Å²) in [6.07, 6.45) is 1.89. The molecule has 1 heterocycles. The molecule has 108 valence electrons. The Morgan fingerprint density at radius 3 is 2.65 bits per heavy atom. The predicted octanol–water partition coefficient (Wildman–Crippen LogP) is 1.34. The van der Waals surface area contributed by atoms with Gasteiger partial charge in [-0.15, -0.1) is 0 Å². The third-order valence-electron chi connectivity index (χ3n) is 3.53. The Morgan fingerprint density at radius 2 is 2.10 bits per heavy atom. The van der Waals surface area contributed by atoms with Crippen molar-refractivity contribution in [2.45, 2.75) is 32.2 Å². The monoisotopic (exact) mass is 275 g/mol. The molecule has 2 rings (SSSR count). The highest BCUT2D eigenvalue weighted by atomic mass is 16.2. The van der Waals surface area contributed by atoms with E-state index in [-0.39, 0.29) is 17.9 Å². The number of nitrogens with zero attached hydrogens (tertiary/aromatic N) is 1. The molecule has 1 aliphatic rings. The van der Waals surface area contributed by atoms with Crippen molar-refractivity contribution in [2.24, 2.45) is 5.73 Å². The summed E-state index contributed by atoms with van der Waals surface area (Å²) in [5, 5.41) is 2.90. The van der Waals surface area contributed by atoms with E-state index in [1.54, 1.807) is 4.90 Å². The van der Waals surface area contributed by atoms with Gasteiger partial charge in [0.25, 0.3) is 0 Å². The molecule has 2 amide bonds. The summed E-state index contributed by atoms with van der Waals surface area (Å²) < 4.78 is 0. The van der Waals surface area contributed by atoms with Gasteiger partial charge in [0.2, 0.25) is 11.8 Å². The molecule has 0 bridgehead atoms. The number of hydrogen-bond donors (Lipinski definition) is 2. The van der Waals surface area contributed by atoms with E-state index in [2.05, 4.69) is 5.32 Å². The van der Waals surface area contributed by atoms with Crippen molar-refractivity contribution in [2.75, 3.05) is 18.0 Å². The molecular weight excluding hydrogens is 254 g/mol. The maximum atomic E-state index is 11.7. The first-order valence-electron chi connectivity index (χ1n) is 7.01. The molecule has 0 saturated carbocycles. The van der Waals surface area contributed by atoms with Gasteiger partial charge in [-0.25, -0.2) is 0 Å². The number of hydrogen-bond acceptors (Lipinski definition) is 3. The van der Waals surface area contributed by atoms with Gasteiger partial charge in [0, 0.05) is 31.6 Å². The summed E-state index contributed by atoms with van der Waals surface area (Å²) in [6.45, 7) is 3.08. The lowest BCUT2D eigenvalue weighted by Crippen LogP contribution is -2.28. The van der Waals surface area contributed by atoms with Crippen LogP contribution in [0.5, 0.6) is 0 Å². The minimum absolute atomic E-state index is 0.0428. The summed E-state index contributed by atoms with van der Waals surface area (Å²) in [4.78, 5) is 25.0. The molecule has 1 aliphatic heterocycles. The molecule has 1 aromatic rings. The fourth-order valence-corrected chi connectivity index (χ4v) is 2.39. The SMILES string of the molecule is CC(NC(=O)CCN)c1ccc(N2CCCC2=O)cc1. The topological polar surface area (TPSA) is 75.4 Å². The molecule has 1 atom stereocenters. The number of carbonyl (C=O) groups excluding carboxylic acids is 2. The van der Waals surface area contributed by atoms with E-state index < -0.39 is 0 Å². The molecule has 1 unspecified atom stereocenters. The Bertz CT molecular complexity index is 484. The third kappa shape index (κ3) is 3.36. The van der Waals surface area contributed by atoms with Gasteiger partial charge in [0.15, 0.2) is 0 Å². The molecule has 0 aliphatic carbocycles. The van der Waals surface area contributed by atoms with E-state index in [0.717, 1.165) is 24.2 Å². The predicted molar refractivity (Wildman–Crippen MR) is 78.3 cm³/mol. The van der Waals surface area contributed by atoms with Crippen LogP contribution in [0, 0.1) is 0 Å². The quantitative estimate of drug-likeness (QED) is 0.851. The van der Waals surface area contributed by atoms with Crippen molar-refractivity contribution in [3.63, 3.8) is 0 Å². The molecule has 1 fully saturated rings. The second kappa shape index (κ2) is 6.52. The Morgan fingerprint density at radius 1 is 1.40 bits per heavy atom. The highest BCUT2D eigenvalue weighted by Gasteiger charge is 2.21. The fraction of sp³-hybridized carbons (Fsp3) is 0.467. The van der Waals surface area contributed by atoms with Crippen LogP contribution in [0.2, 0.25) is 0 Å². The van der Waals surface area contributed by atoms with Gasteiger partial charge in [-0.2, -0.15) is 0 Å². The minimum atomic E-state index is -0.0580. The summed E-state index contributed by atoms with van der Waals surface area (Å²) in [5.74, 6) is 0.140. The van der Waals surface area contributed by atoms with Gasteiger partial charge >= 0.3 is 0 Å². The highest BCUT2D eigenvalue weighted by molar-refractivity contribution is 5.95. The number of amides is 2. The summed E-state index contributed by atoms with van der Waals surface area (Å²) >= 11 is 0. The van der Waals surface area contributed by atoms with Crippen LogP contribution in [0.3, 0.4) is 0 Å². The van der Waals surface area contributed by atoms with Crippen LogP contribution in [0.25, 0.3) is 0 Å². The molecule has 0 radical (unpaired) electrons. The van der Waals surface area contributed by atoms with E-state index >= 15 is 0 Å². The first-order valence-corrected chi connectivity index (χ1v) is 7.01. The molecule has 20 heavy (non-hydrogen) atoms. The van der Waals surface area contributed by atoms with Gasteiger partial charge in [0.05, 0.1) is 6.04 Å².